The average molecular weight is 346 g/mol. The number of aryl methyl sites for hydroxylation is 1. The highest BCUT2D eigenvalue weighted by Gasteiger charge is 2.12. The molecule has 25 heavy (non-hydrogen) atoms. The van der Waals surface area contributed by atoms with Crippen LogP contribution in [-0.4, -0.2) is 18.4 Å². The number of benzene rings is 2. The summed E-state index contributed by atoms with van der Waals surface area (Å²) in [5.41, 5.74) is 1.65. The summed E-state index contributed by atoms with van der Waals surface area (Å²) in [7, 11) is 0. The van der Waals surface area contributed by atoms with Crippen molar-refractivity contribution in [3.8, 4) is 0 Å². The van der Waals surface area contributed by atoms with Crippen LogP contribution in [0.15, 0.2) is 42.5 Å². The third-order valence-corrected chi connectivity index (χ3v) is 3.66. The molecule has 4 nitrogen and oxygen atoms in total. The van der Waals surface area contributed by atoms with Crippen LogP contribution in [0.2, 0.25) is 0 Å². The van der Waals surface area contributed by atoms with Crippen molar-refractivity contribution >= 4 is 17.5 Å². The molecule has 2 aromatic rings. The molecule has 0 atom stereocenters. The number of anilines is 1. The van der Waals surface area contributed by atoms with Gasteiger partial charge in [0.15, 0.2) is 0 Å². The fraction of sp³-hybridized carbons (Fsp3) is 0.263. The standard InChI is InChI=1S/C19H20F2N2O2/c1-2-13-5-3-6-15(11-13)23-18(24)7-4-10-22-19(25)16-9-8-14(20)12-17(16)21/h3,5-6,8-9,11-12H,2,4,7,10H2,1H3,(H,22,25)(H,23,24). The lowest BCUT2D eigenvalue weighted by atomic mass is 10.1. The van der Waals surface area contributed by atoms with Crippen molar-refractivity contribution in [1.29, 1.82) is 0 Å². The van der Waals surface area contributed by atoms with E-state index >= 15 is 0 Å². The number of hydrogen-bond acceptors (Lipinski definition) is 2. The predicted molar refractivity (Wildman–Crippen MR) is 92.4 cm³/mol. The topological polar surface area (TPSA) is 58.2 Å². The Morgan fingerprint density at radius 2 is 1.88 bits per heavy atom. The minimum Gasteiger partial charge on any atom is -0.352 e. The SMILES string of the molecule is CCc1cccc(NC(=O)CCCNC(=O)c2ccc(F)cc2F)c1. The smallest absolute Gasteiger partial charge is 0.254 e. The number of carbonyl (C=O) groups excluding carboxylic acids is 2. The van der Waals surface area contributed by atoms with Crippen LogP contribution >= 0.6 is 0 Å². The first-order valence-corrected chi connectivity index (χ1v) is 8.11. The number of halogens is 2. The van der Waals surface area contributed by atoms with Crippen molar-refractivity contribution in [3.05, 3.63) is 65.2 Å². The first-order valence-electron chi connectivity index (χ1n) is 8.11. The minimum absolute atomic E-state index is 0.157. The molecule has 0 bridgehead atoms. The van der Waals surface area contributed by atoms with Gasteiger partial charge in [0.05, 0.1) is 5.56 Å². The molecule has 0 aromatic heterocycles. The van der Waals surface area contributed by atoms with Gasteiger partial charge in [0.1, 0.15) is 11.6 Å². The Morgan fingerprint density at radius 3 is 2.60 bits per heavy atom. The van der Waals surface area contributed by atoms with Gasteiger partial charge < -0.3 is 10.6 Å². The fourth-order valence-corrected chi connectivity index (χ4v) is 2.31. The van der Waals surface area contributed by atoms with Crippen LogP contribution in [0, 0.1) is 11.6 Å². The second-order valence-electron chi connectivity index (χ2n) is 5.59. The second-order valence-corrected chi connectivity index (χ2v) is 5.59. The van der Waals surface area contributed by atoms with Crippen molar-refractivity contribution in [1.82, 2.24) is 5.32 Å². The zero-order valence-electron chi connectivity index (χ0n) is 13.9. The van der Waals surface area contributed by atoms with Crippen molar-refractivity contribution in [2.75, 3.05) is 11.9 Å². The van der Waals surface area contributed by atoms with Crippen LogP contribution < -0.4 is 10.6 Å². The second kappa shape index (κ2) is 8.92. The summed E-state index contributed by atoms with van der Waals surface area (Å²) in [6.07, 6.45) is 1.52. The van der Waals surface area contributed by atoms with Crippen molar-refractivity contribution in [2.45, 2.75) is 26.2 Å². The molecule has 0 saturated carbocycles. The maximum Gasteiger partial charge on any atom is 0.254 e. The first kappa shape index (κ1) is 18.6. The highest BCUT2D eigenvalue weighted by Crippen LogP contribution is 2.12. The van der Waals surface area contributed by atoms with Gasteiger partial charge in [-0.1, -0.05) is 19.1 Å². The van der Waals surface area contributed by atoms with Crippen LogP contribution in [0.25, 0.3) is 0 Å². The summed E-state index contributed by atoms with van der Waals surface area (Å²) in [4.78, 5) is 23.7. The zero-order valence-corrected chi connectivity index (χ0v) is 13.9. The van der Waals surface area contributed by atoms with E-state index in [4.69, 9.17) is 0 Å². The van der Waals surface area contributed by atoms with Crippen molar-refractivity contribution in [3.63, 3.8) is 0 Å². The molecule has 2 amide bonds. The van der Waals surface area contributed by atoms with Crippen LogP contribution in [-0.2, 0) is 11.2 Å². The van der Waals surface area contributed by atoms with E-state index in [1.807, 2.05) is 31.2 Å². The van der Waals surface area contributed by atoms with E-state index in [1.165, 1.54) is 0 Å². The third-order valence-electron chi connectivity index (χ3n) is 3.66. The Morgan fingerprint density at radius 1 is 1.08 bits per heavy atom. The van der Waals surface area contributed by atoms with Crippen molar-refractivity contribution in [2.24, 2.45) is 0 Å². The van der Waals surface area contributed by atoms with Crippen LogP contribution in [0.4, 0.5) is 14.5 Å². The fourth-order valence-electron chi connectivity index (χ4n) is 2.31. The van der Waals surface area contributed by atoms with E-state index in [-0.39, 0.29) is 24.4 Å². The summed E-state index contributed by atoms with van der Waals surface area (Å²) < 4.78 is 26.3. The molecule has 0 saturated heterocycles. The molecular weight excluding hydrogens is 326 g/mol. The summed E-state index contributed by atoms with van der Waals surface area (Å²) in [5, 5.41) is 5.31. The molecule has 132 valence electrons. The molecule has 0 heterocycles. The van der Waals surface area contributed by atoms with Gasteiger partial charge in [-0.05, 0) is 42.7 Å². The Kier molecular flexibility index (Phi) is 6.62. The molecule has 0 aliphatic rings. The molecule has 0 unspecified atom stereocenters. The summed E-state index contributed by atoms with van der Waals surface area (Å²) >= 11 is 0. The summed E-state index contributed by atoms with van der Waals surface area (Å²) in [6, 6.07) is 10.4. The van der Waals surface area contributed by atoms with E-state index < -0.39 is 17.5 Å². The number of rotatable bonds is 7. The van der Waals surface area contributed by atoms with E-state index in [2.05, 4.69) is 10.6 Å². The van der Waals surface area contributed by atoms with Gasteiger partial charge in [0.2, 0.25) is 5.91 Å². The first-order chi connectivity index (χ1) is 12.0. The van der Waals surface area contributed by atoms with Crippen molar-refractivity contribution < 1.29 is 18.4 Å². The molecule has 0 radical (unpaired) electrons. The van der Waals surface area contributed by atoms with Crippen LogP contribution in [0.5, 0.6) is 0 Å². The van der Waals surface area contributed by atoms with E-state index in [1.54, 1.807) is 0 Å². The van der Waals surface area contributed by atoms with Crippen LogP contribution in [0.3, 0.4) is 0 Å². The van der Waals surface area contributed by atoms with Gasteiger partial charge in [-0.15, -0.1) is 0 Å². The lowest BCUT2D eigenvalue weighted by Gasteiger charge is -2.08. The number of amides is 2. The van der Waals surface area contributed by atoms with Crippen LogP contribution in [0.1, 0.15) is 35.7 Å². The Labute approximate surface area is 145 Å². The van der Waals surface area contributed by atoms with Gasteiger partial charge in [-0.3, -0.25) is 9.59 Å². The lowest BCUT2D eigenvalue weighted by Crippen LogP contribution is -2.26. The lowest BCUT2D eigenvalue weighted by molar-refractivity contribution is -0.116. The molecule has 0 aliphatic heterocycles. The van der Waals surface area contributed by atoms with E-state index in [0.29, 0.717) is 12.5 Å². The normalized spacial score (nSPS) is 10.4. The molecule has 2 aromatic carbocycles. The third kappa shape index (κ3) is 5.67. The number of nitrogens with one attached hydrogen (secondary N) is 2. The van der Waals surface area contributed by atoms with Gasteiger partial charge in [-0.25, -0.2) is 8.78 Å². The number of carbonyl (C=O) groups is 2. The molecule has 0 aliphatic carbocycles. The predicted octanol–water partition coefficient (Wildman–Crippen LogP) is 3.68. The average Bonchev–Trinajstić information content (AvgIpc) is 2.58. The molecule has 6 heteroatoms. The van der Waals surface area contributed by atoms with Gasteiger partial charge in [0, 0.05) is 24.7 Å². The highest BCUT2D eigenvalue weighted by molar-refractivity contribution is 5.94. The molecule has 2 rings (SSSR count). The quantitative estimate of drug-likeness (QED) is 0.752. The summed E-state index contributed by atoms with van der Waals surface area (Å²) in [5.74, 6) is -2.44. The Balaban J connectivity index is 1.74. The largest absolute Gasteiger partial charge is 0.352 e. The zero-order chi connectivity index (χ0) is 18.2. The summed E-state index contributed by atoms with van der Waals surface area (Å²) in [6.45, 7) is 2.26. The maximum atomic E-state index is 13.5. The number of hydrogen-bond donors (Lipinski definition) is 2. The van der Waals surface area contributed by atoms with Gasteiger partial charge in [0.25, 0.3) is 5.91 Å². The van der Waals surface area contributed by atoms with Gasteiger partial charge >= 0.3 is 0 Å². The Hall–Kier alpha value is -2.76. The monoisotopic (exact) mass is 346 g/mol. The minimum atomic E-state index is -0.911. The van der Waals surface area contributed by atoms with E-state index in [9.17, 15) is 18.4 Å². The Bertz CT molecular complexity index is 763. The molecule has 0 fully saturated rings. The molecule has 2 N–H and O–H groups in total. The van der Waals surface area contributed by atoms with Gasteiger partial charge in [-0.2, -0.15) is 0 Å². The maximum absolute atomic E-state index is 13.5. The molecule has 0 spiro atoms. The van der Waals surface area contributed by atoms with E-state index in [0.717, 1.165) is 29.8 Å². The highest BCUT2D eigenvalue weighted by atomic mass is 19.1. The molecular formula is C19H20F2N2O2.